The molecule has 1 fully saturated rings. The molecule has 0 aromatic heterocycles. The van der Waals surface area contributed by atoms with Crippen molar-refractivity contribution in [1.29, 1.82) is 0 Å². The SMILES string of the molecule is O=C1OC2(CCCC2)[C@@H](C(=O)O)c2ccccc21. The van der Waals surface area contributed by atoms with Crippen LogP contribution in [0, 0.1) is 0 Å². The summed E-state index contributed by atoms with van der Waals surface area (Å²) >= 11 is 0. The predicted molar refractivity (Wildman–Crippen MR) is 63.4 cm³/mol. The normalized spacial score (nSPS) is 24.7. The maximum Gasteiger partial charge on any atom is 0.339 e. The Morgan fingerprint density at radius 3 is 2.61 bits per heavy atom. The number of esters is 1. The fourth-order valence-electron chi connectivity index (χ4n) is 3.24. The molecule has 1 heterocycles. The summed E-state index contributed by atoms with van der Waals surface area (Å²) in [7, 11) is 0. The van der Waals surface area contributed by atoms with Crippen LogP contribution >= 0.6 is 0 Å². The third kappa shape index (κ3) is 1.45. The molecule has 2 aliphatic rings. The molecule has 0 amide bonds. The van der Waals surface area contributed by atoms with Gasteiger partial charge < -0.3 is 9.84 Å². The maximum atomic E-state index is 12.0. The number of carbonyl (C=O) groups excluding carboxylic acids is 1. The van der Waals surface area contributed by atoms with Crippen LogP contribution in [0.25, 0.3) is 0 Å². The average molecular weight is 246 g/mol. The number of benzene rings is 1. The van der Waals surface area contributed by atoms with Crippen LogP contribution in [0.4, 0.5) is 0 Å². The Balaban J connectivity index is 2.17. The fraction of sp³-hybridized carbons (Fsp3) is 0.429. The Bertz CT molecular complexity index is 514. The highest BCUT2D eigenvalue weighted by Crippen LogP contribution is 2.48. The number of aliphatic carboxylic acids is 1. The predicted octanol–water partition coefficient (Wildman–Crippen LogP) is 2.34. The molecule has 4 heteroatoms. The van der Waals surface area contributed by atoms with Crippen molar-refractivity contribution < 1.29 is 19.4 Å². The number of carboxylic acids is 1. The van der Waals surface area contributed by atoms with Gasteiger partial charge in [0.05, 0.1) is 5.56 Å². The first kappa shape index (κ1) is 11.3. The van der Waals surface area contributed by atoms with Crippen molar-refractivity contribution in [3.8, 4) is 0 Å². The minimum Gasteiger partial charge on any atom is -0.481 e. The molecule has 1 aromatic carbocycles. The van der Waals surface area contributed by atoms with Gasteiger partial charge in [0.1, 0.15) is 11.5 Å². The molecule has 1 atom stereocenters. The number of hydrogen-bond donors (Lipinski definition) is 1. The van der Waals surface area contributed by atoms with Crippen molar-refractivity contribution in [3.63, 3.8) is 0 Å². The minimum absolute atomic E-state index is 0.384. The van der Waals surface area contributed by atoms with E-state index in [0.29, 0.717) is 24.0 Å². The largest absolute Gasteiger partial charge is 0.481 e. The highest BCUT2D eigenvalue weighted by Gasteiger charge is 2.53. The second-order valence-electron chi connectivity index (χ2n) is 5.02. The third-order valence-electron chi connectivity index (χ3n) is 4.01. The second kappa shape index (κ2) is 3.83. The molecule has 0 bridgehead atoms. The molecule has 0 radical (unpaired) electrons. The van der Waals surface area contributed by atoms with Gasteiger partial charge in [-0.1, -0.05) is 18.2 Å². The zero-order chi connectivity index (χ0) is 12.8. The van der Waals surface area contributed by atoms with Crippen LogP contribution in [0.2, 0.25) is 0 Å². The smallest absolute Gasteiger partial charge is 0.339 e. The highest BCUT2D eigenvalue weighted by atomic mass is 16.6. The summed E-state index contributed by atoms with van der Waals surface area (Å²) in [5, 5.41) is 9.51. The van der Waals surface area contributed by atoms with E-state index in [2.05, 4.69) is 0 Å². The van der Waals surface area contributed by atoms with Gasteiger partial charge in [0, 0.05) is 0 Å². The van der Waals surface area contributed by atoms with Crippen molar-refractivity contribution in [2.45, 2.75) is 37.2 Å². The van der Waals surface area contributed by atoms with Gasteiger partial charge >= 0.3 is 11.9 Å². The van der Waals surface area contributed by atoms with Crippen molar-refractivity contribution in [2.75, 3.05) is 0 Å². The van der Waals surface area contributed by atoms with Crippen LogP contribution in [-0.2, 0) is 9.53 Å². The van der Waals surface area contributed by atoms with E-state index in [1.807, 2.05) is 0 Å². The zero-order valence-corrected chi connectivity index (χ0v) is 9.89. The third-order valence-corrected chi connectivity index (χ3v) is 4.01. The van der Waals surface area contributed by atoms with Gasteiger partial charge in [0.15, 0.2) is 0 Å². The molecule has 4 nitrogen and oxygen atoms in total. The zero-order valence-electron chi connectivity index (χ0n) is 9.89. The van der Waals surface area contributed by atoms with E-state index in [1.165, 1.54) is 0 Å². The summed E-state index contributed by atoms with van der Waals surface area (Å²) in [6.45, 7) is 0. The molecule has 18 heavy (non-hydrogen) atoms. The number of carbonyl (C=O) groups is 2. The van der Waals surface area contributed by atoms with Crippen LogP contribution < -0.4 is 0 Å². The Morgan fingerprint density at radius 2 is 1.94 bits per heavy atom. The number of fused-ring (bicyclic) bond motifs is 1. The summed E-state index contributed by atoms with van der Waals surface area (Å²) in [5.41, 5.74) is 0.169. The molecule has 3 rings (SSSR count). The highest BCUT2D eigenvalue weighted by molar-refractivity contribution is 5.96. The Labute approximate surface area is 105 Å². The molecular formula is C14H14O4. The summed E-state index contributed by atoms with van der Waals surface area (Å²) in [6, 6.07) is 6.87. The Kier molecular flexibility index (Phi) is 2.40. The van der Waals surface area contributed by atoms with Gasteiger partial charge in [-0.15, -0.1) is 0 Å². The standard InChI is InChI=1S/C14H14O4/c15-12(16)11-9-5-1-2-6-10(9)13(17)18-14(11)7-3-4-8-14/h1-2,5-6,11H,3-4,7-8H2,(H,15,16)/t11-/m1/s1. The van der Waals surface area contributed by atoms with Gasteiger partial charge in [-0.2, -0.15) is 0 Å². The van der Waals surface area contributed by atoms with E-state index in [1.54, 1.807) is 24.3 Å². The van der Waals surface area contributed by atoms with Gasteiger partial charge in [0.25, 0.3) is 0 Å². The molecule has 1 spiro atoms. The van der Waals surface area contributed by atoms with Gasteiger partial charge in [-0.3, -0.25) is 4.79 Å². The number of ether oxygens (including phenoxy) is 1. The summed E-state index contributed by atoms with van der Waals surface area (Å²) < 4.78 is 5.52. The maximum absolute atomic E-state index is 12.0. The van der Waals surface area contributed by atoms with Crippen molar-refractivity contribution in [2.24, 2.45) is 0 Å². The summed E-state index contributed by atoms with van der Waals surface area (Å²) in [6.07, 6.45) is 3.12. The molecule has 0 unspecified atom stereocenters. The lowest BCUT2D eigenvalue weighted by Gasteiger charge is -2.39. The molecule has 1 aliphatic carbocycles. The van der Waals surface area contributed by atoms with Crippen LogP contribution in [0.5, 0.6) is 0 Å². The topological polar surface area (TPSA) is 63.6 Å². The molecule has 1 aliphatic heterocycles. The molecular weight excluding hydrogens is 232 g/mol. The average Bonchev–Trinajstić information content (AvgIpc) is 2.77. The fourth-order valence-corrected chi connectivity index (χ4v) is 3.24. The molecule has 1 aromatic rings. The molecule has 0 saturated heterocycles. The van der Waals surface area contributed by atoms with E-state index in [9.17, 15) is 14.7 Å². The van der Waals surface area contributed by atoms with E-state index < -0.39 is 17.5 Å². The minimum atomic E-state index is -0.906. The van der Waals surface area contributed by atoms with Gasteiger partial charge in [-0.25, -0.2) is 4.79 Å². The van der Waals surface area contributed by atoms with Crippen LogP contribution in [0.3, 0.4) is 0 Å². The van der Waals surface area contributed by atoms with Crippen LogP contribution in [-0.4, -0.2) is 22.6 Å². The first-order valence-electron chi connectivity index (χ1n) is 6.19. The lowest BCUT2D eigenvalue weighted by molar-refractivity contribution is -0.147. The number of carboxylic acid groups (broad SMARTS) is 1. The monoisotopic (exact) mass is 246 g/mol. The molecule has 1 saturated carbocycles. The van der Waals surface area contributed by atoms with Crippen LogP contribution in [0.15, 0.2) is 24.3 Å². The first-order chi connectivity index (χ1) is 8.64. The van der Waals surface area contributed by atoms with E-state index >= 15 is 0 Å². The van der Waals surface area contributed by atoms with Crippen molar-refractivity contribution in [3.05, 3.63) is 35.4 Å². The number of rotatable bonds is 1. The molecule has 94 valence electrons. The lowest BCUT2D eigenvalue weighted by atomic mass is 9.76. The van der Waals surface area contributed by atoms with Crippen molar-refractivity contribution in [1.82, 2.24) is 0 Å². The van der Waals surface area contributed by atoms with Crippen molar-refractivity contribution >= 4 is 11.9 Å². The van der Waals surface area contributed by atoms with Crippen LogP contribution in [0.1, 0.15) is 47.5 Å². The second-order valence-corrected chi connectivity index (χ2v) is 5.02. The van der Waals surface area contributed by atoms with Gasteiger partial charge in [-0.05, 0) is 37.3 Å². The van der Waals surface area contributed by atoms with E-state index in [0.717, 1.165) is 12.8 Å². The molecule has 1 N–H and O–H groups in total. The summed E-state index contributed by atoms with van der Waals surface area (Å²) in [4.78, 5) is 23.6. The van der Waals surface area contributed by atoms with Gasteiger partial charge in [0.2, 0.25) is 0 Å². The van der Waals surface area contributed by atoms with E-state index in [4.69, 9.17) is 4.74 Å². The first-order valence-corrected chi connectivity index (χ1v) is 6.19. The Morgan fingerprint density at radius 1 is 1.28 bits per heavy atom. The quantitative estimate of drug-likeness (QED) is 0.772. The Hall–Kier alpha value is -1.84. The van der Waals surface area contributed by atoms with E-state index in [-0.39, 0.29) is 5.97 Å². The lowest BCUT2D eigenvalue weighted by Crippen LogP contribution is -2.46. The number of hydrogen-bond acceptors (Lipinski definition) is 3. The summed E-state index contributed by atoms with van der Waals surface area (Å²) in [5.74, 6) is -2.02.